The summed E-state index contributed by atoms with van der Waals surface area (Å²) in [7, 11) is 0. The monoisotopic (exact) mass is 238 g/mol. The topological polar surface area (TPSA) is 34.1 Å². The summed E-state index contributed by atoms with van der Waals surface area (Å²) >= 11 is -2.00. The molecule has 0 N–H and O–H groups in total. The van der Waals surface area contributed by atoms with Gasteiger partial charge < -0.3 is 0 Å². The molecule has 0 aromatic rings. The van der Waals surface area contributed by atoms with Gasteiger partial charge in [0.25, 0.3) is 0 Å². The summed E-state index contributed by atoms with van der Waals surface area (Å²) in [5.74, 6) is 0. The van der Waals surface area contributed by atoms with Crippen LogP contribution in [0.4, 0.5) is 0 Å². The molecule has 4 heteroatoms. The summed E-state index contributed by atoms with van der Waals surface area (Å²) < 4.78 is 17.0. The van der Waals surface area contributed by atoms with Crippen LogP contribution in [0.15, 0.2) is 0 Å². The van der Waals surface area contributed by atoms with Crippen LogP contribution >= 0.6 is 0 Å². The predicted octanol–water partition coefficient (Wildman–Crippen LogP) is -0.240. The van der Waals surface area contributed by atoms with Crippen LogP contribution in [0.5, 0.6) is 0 Å². The van der Waals surface area contributed by atoms with E-state index in [0.717, 1.165) is 0 Å². The molecule has 0 radical (unpaired) electrons. The molecule has 0 spiro atoms. The van der Waals surface area contributed by atoms with E-state index in [2.05, 4.69) is 0 Å². The number of hydrogen-bond acceptors (Lipinski definition) is 2. The van der Waals surface area contributed by atoms with Crippen molar-refractivity contribution in [1.29, 1.82) is 0 Å². The third-order valence-electron chi connectivity index (χ3n) is 0. The van der Waals surface area contributed by atoms with Crippen molar-refractivity contribution < 1.29 is 65.7 Å². The molecule has 0 bridgehead atoms. The van der Waals surface area contributed by atoms with Crippen molar-refractivity contribution in [2.75, 3.05) is 0 Å². The fourth-order valence-corrected chi connectivity index (χ4v) is 0. The van der Waals surface area contributed by atoms with Crippen molar-refractivity contribution >= 4 is 0 Å². The maximum atomic E-state index is 8.50. The molecule has 0 atom stereocenters. The van der Waals surface area contributed by atoms with E-state index in [4.69, 9.17) is 6.65 Å². The second kappa shape index (κ2) is 8.82. The fourth-order valence-electron chi connectivity index (χ4n) is 0. The second-order valence-electron chi connectivity index (χ2n) is 0.0833. The van der Waals surface area contributed by atoms with Crippen LogP contribution in [0.2, 0.25) is 0 Å². The molecule has 0 saturated heterocycles. The van der Waals surface area contributed by atoms with Gasteiger partial charge in [-0.05, 0) is 0 Å². The Morgan fingerprint density at radius 2 is 1.25 bits per heavy atom. The molecule has 0 aliphatic rings. The molecule has 0 aliphatic heterocycles. The summed E-state index contributed by atoms with van der Waals surface area (Å²) in [6.07, 6.45) is 0. The summed E-state index contributed by atoms with van der Waals surface area (Å²) in [5.41, 5.74) is 0. The van der Waals surface area contributed by atoms with E-state index < -0.39 is 19.1 Å². The predicted molar refractivity (Wildman–Crippen MR) is 1.37 cm³/mol. The van der Waals surface area contributed by atoms with Crippen molar-refractivity contribution in [3.05, 3.63) is 0 Å². The van der Waals surface area contributed by atoms with E-state index in [1.807, 2.05) is 0 Å². The molecule has 2 nitrogen and oxygen atoms in total. The summed E-state index contributed by atoms with van der Waals surface area (Å²) in [6.45, 7) is 0. The van der Waals surface area contributed by atoms with Crippen LogP contribution in [0, 0.1) is 39.9 Å². The van der Waals surface area contributed by atoms with Crippen molar-refractivity contribution in [1.82, 2.24) is 0 Å². The molecule has 4 heavy (non-hydrogen) atoms. The zero-order valence-corrected chi connectivity index (χ0v) is 5.50. The van der Waals surface area contributed by atoms with E-state index in [1.165, 1.54) is 0 Å². The van der Waals surface area contributed by atoms with Gasteiger partial charge in [0.2, 0.25) is 0 Å². The minimum atomic E-state index is -2.00. The van der Waals surface area contributed by atoms with Gasteiger partial charge in [0.1, 0.15) is 0 Å². The molecule has 0 aromatic heterocycles. The molecule has 0 fully saturated rings. The quantitative estimate of drug-likeness (QED) is 0.545. The van der Waals surface area contributed by atoms with Gasteiger partial charge in [-0.15, -0.1) is 0 Å². The van der Waals surface area contributed by atoms with Crippen LogP contribution in [-0.4, -0.2) is 0 Å². The average Bonchev–Trinajstić information content (AvgIpc) is 0.918. The minimum absolute atomic E-state index is 0. The Hall–Kier alpha value is 1.64. The number of hydrogen-bond donors (Lipinski definition) is 0. The van der Waals surface area contributed by atoms with Gasteiger partial charge in [-0.25, -0.2) is 0 Å². The van der Waals surface area contributed by atoms with Gasteiger partial charge in [0.05, 0.1) is 0 Å². The van der Waals surface area contributed by atoms with E-state index in [0.29, 0.717) is 0 Å². The van der Waals surface area contributed by atoms with Gasteiger partial charge in [0, 0.05) is 39.9 Å². The van der Waals surface area contributed by atoms with Crippen LogP contribution in [0.1, 0.15) is 0 Å². The van der Waals surface area contributed by atoms with E-state index in [1.54, 1.807) is 0 Å². The first-order valence-electron chi connectivity index (χ1n) is 0.408. The Labute approximate surface area is 64.6 Å². The Morgan fingerprint density at radius 1 is 1.25 bits per heavy atom. The zero-order chi connectivity index (χ0) is 2.71. The molecule has 0 amide bonds. The van der Waals surface area contributed by atoms with Crippen LogP contribution < -0.4 is 0 Å². The zero-order valence-electron chi connectivity index (χ0n) is 1.67. The van der Waals surface area contributed by atoms with Crippen molar-refractivity contribution in [2.24, 2.45) is 0 Å². The summed E-state index contributed by atoms with van der Waals surface area (Å²) in [4.78, 5) is 0. The van der Waals surface area contributed by atoms with Crippen LogP contribution in [-0.2, 0) is 25.7 Å². The maximum absolute atomic E-state index is 8.50. The van der Waals surface area contributed by atoms with Crippen molar-refractivity contribution in [2.45, 2.75) is 0 Å². The first-order valence-corrected chi connectivity index (χ1v) is 1.68. The molecule has 0 aromatic carbocycles. The third kappa shape index (κ3) is 9.43. The molecule has 0 aliphatic carbocycles. The standard InChI is InChI=1S/Gd.2O.Ti. The summed E-state index contributed by atoms with van der Waals surface area (Å²) in [5, 5.41) is 0. The molecular formula is GdO2Ti. The Balaban J connectivity index is 0. The molecule has 24 valence electrons. The second-order valence-corrected chi connectivity index (χ2v) is 0.344. The van der Waals surface area contributed by atoms with Crippen molar-refractivity contribution in [3.8, 4) is 0 Å². The SMILES string of the molecule is [Gd].[O]=[Ti]=[O]. The fraction of sp³-hybridized carbons (Fsp3) is 0. The molecular weight excluding hydrogens is 237 g/mol. The normalized spacial score (nSPS) is 2.00. The first-order chi connectivity index (χ1) is 1.41. The molecule has 0 saturated carbocycles. The van der Waals surface area contributed by atoms with Gasteiger partial charge in [0.15, 0.2) is 0 Å². The number of rotatable bonds is 0. The molecule has 0 rings (SSSR count). The Bertz CT molecular complexity index is 27.0. The Kier molecular flexibility index (Phi) is 20.2. The van der Waals surface area contributed by atoms with Crippen molar-refractivity contribution in [3.63, 3.8) is 0 Å². The molecule has 0 unspecified atom stereocenters. The summed E-state index contributed by atoms with van der Waals surface area (Å²) in [6, 6.07) is 0. The first kappa shape index (κ1) is 9.16. The van der Waals surface area contributed by atoms with Gasteiger partial charge >= 0.3 is 25.7 Å². The van der Waals surface area contributed by atoms with Gasteiger partial charge in [-0.3, -0.25) is 0 Å². The molecule has 0 heterocycles. The average molecular weight is 237 g/mol. The Morgan fingerprint density at radius 3 is 1.25 bits per heavy atom. The van der Waals surface area contributed by atoms with E-state index in [-0.39, 0.29) is 39.9 Å². The van der Waals surface area contributed by atoms with Gasteiger partial charge in [-0.2, -0.15) is 0 Å². The van der Waals surface area contributed by atoms with Crippen LogP contribution in [0.3, 0.4) is 0 Å². The van der Waals surface area contributed by atoms with Crippen LogP contribution in [0.25, 0.3) is 0 Å². The third-order valence-corrected chi connectivity index (χ3v) is 0. The van der Waals surface area contributed by atoms with E-state index in [9.17, 15) is 0 Å². The van der Waals surface area contributed by atoms with Gasteiger partial charge in [-0.1, -0.05) is 0 Å². The van der Waals surface area contributed by atoms with E-state index >= 15 is 0 Å².